The molecule has 1 aliphatic heterocycles. The lowest BCUT2D eigenvalue weighted by atomic mass is 10.1. The smallest absolute Gasteiger partial charge is 0.161 e. The molecule has 170 valence electrons. The number of rotatable bonds is 6. The topological polar surface area (TPSA) is 80.1 Å². The summed E-state index contributed by atoms with van der Waals surface area (Å²) in [7, 11) is 3.75. The fraction of sp³-hybridized carbons (Fsp3) is 0.435. The number of aryl methyl sites for hydroxylation is 1. The van der Waals surface area contributed by atoms with Crippen LogP contribution in [-0.2, 0) is 4.74 Å². The van der Waals surface area contributed by atoms with Crippen molar-refractivity contribution in [3.63, 3.8) is 0 Å². The molecular weight excluding hydrogens is 416 g/mol. The van der Waals surface area contributed by atoms with E-state index in [1.165, 1.54) is 0 Å². The van der Waals surface area contributed by atoms with E-state index in [0.717, 1.165) is 54.3 Å². The molecule has 1 atom stereocenters. The lowest BCUT2D eigenvalue weighted by molar-refractivity contribution is -0.00000893. The molecule has 3 aromatic rings. The summed E-state index contributed by atoms with van der Waals surface area (Å²) in [6, 6.07) is 9.44. The van der Waals surface area contributed by atoms with Crippen molar-refractivity contribution in [1.29, 1.82) is 0 Å². The van der Waals surface area contributed by atoms with Crippen LogP contribution in [0.15, 0.2) is 36.5 Å². The van der Waals surface area contributed by atoms with Gasteiger partial charge in [-0.2, -0.15) is 0 Å². The average Bonchev–Trinajstić information content (AvgIpc) is 3.37. The SMILES string of the molecule is CCOc1cc(-c2nc3c(C)cccn3c2NCC2CCCO2)ccc1O.CNC.[Cl-]. The highest BCUT2D eigenvalue weighted by molar-refractivity contribution is 5.78. The second-order valence-electron chi connectivity index (χ2n) is 7.33. The van der Waals surface area contributed by atoms with Crippen molar-refractivity contribution in [2.75, 3.05) is 39.2 Å². The van der Waals surface area contributed by atoms with Crippen LogP contribution in [0.5, 0.6) is 11.5 Å². The second kappa shape index (κ2) is 11.8. The minimum absolute atomic E-state index is 0. The van der Waals surface area contributed by atoms with Crippen LogP contribution >= 0.6 is 0 Å². The number of anilines is 1. The highest BCUT2D eigenvalue weighted by Crippen LogP contribution is 2.35. The predicted molar refractivity (Wildman–Crippen MR) is 121 cm³/mol. The number of nitrogens with zero attached hydrogens (tertiary/aromatic N) is 2. The Balaban J connectivity index is 0.000000808. The maximum Gasteiger partial charge on any atom is 0.161 e. The van der Waals surface area contributed by atoms with Crippen LogP contribution in [0.1, 0.15) is 25.3 Å². The van der Waals surface area contributed by atoms with Gasteiger partial charge < -0.3 is 37.6 Å². The summed E-state index contributed by atoms with van der Waals surface area (Å²) in [4.78, 5) is 4.88. The Kier molecular flexibility index (Phi) is 9.43. The van der Waals surface area contributed by atoms with Gasteiger partial charge in [0.25, 0.3) is 0 Å². The van der Waals surface area contributed by atoms with Gasteiger partial charge in [-0.15, -0.1) is 0 Å². The fourth-order valence-electron chi connectivity index (χ4n) is 3.52. The predicted octanol–water partition coefficient (Wildman–Crippen LogP) is 0.845. The van der Waals surface area contributed by atoms with Gasteiger partial charge in [0, 0.05) is 24.9 Å². The van der Waals surface area contributed by atoms with Crippen LogP contribution in [0.3, 0.4) is 0 Å². The molecule has 4 rings (SSSR count). The van der Waals surface area contributed by atoms with Gasteiger partial charge in [-0.1, -0.05) is 6.07 Å². The van der Waals surface area contributed by atoms with Gasteiger partial charge in [-0.3, -0.25) is 4.40 Å². The Labute approximate surface area is 190 Å². The summed E-state index contributed by atoms with van der Waals surface area (Å²) in [5.41, 5.74) is 3.75. The van der Waals surface area contributed by atoms with Gasteiger partial charge in [-0.05, 0) is 70.6 Å². The molecule has 8 heteroatoms. The molecular formula is C23H32ClN4O3-. The van der Waals surface area contributed by atoms with Crippen LogP contribution in [0.4, 0.5) is 5.82 Å². The van der Waals surface area contributed by atoms with Gasteiger partial charge in [0.1, 0.15) is 17.2 Å². The second-order valence-corrected chi connectivity index (χ2v) is 7.33. The van der Waals surface area contributed by atoms with E-state index in [0.29, 0.717) is 12.4 Å². The van der Waals surface area contributed by atoms with Gasteiger partial charge >= 0.3 is 0 Å². The molecule has 1 aromatic carbocycles. The van der Waals surface area contributed by atoms with Gasteiger partial charge in [0.05, 0.1) is 12.7 Å². The zero-order valence-electron chi connectivity index (χ0n) is 18.6. The highest BCUT2D eigenvalue weighted by Gasteiger charge is 2.20. The number of nitrogens with one attached hydrogen (secondary N) is 2. The number of pyridine rings is 1. The summed E-state index contributed by atoms with van der Waals surface area (Å²) in [6.07, 6.45) is 4.43. The molecule has 0 saturated carbocycles. The molecule has 0 radical (unpaired) electrons. The van der Waals surface area contributed by atoms with Crippen molar-refractivity contribution in [2.45, 2.75) is 32.8 Å². The zero-order chi connectivity index (χ0) is 21.5. The fourth-order valence-corrected chi connectivity index (χ4v) is 3.52. The first-order valence-corrected chi connectivity index (χ1v) is 10.5. The number of imidazole rings is 1. The summed E-state index contributed by atoms with van der Waals surface area (Å²) < 4.78 is 13.4. The quantitative estimate of drug-likeness (QED) is 0.519. The number of ether oxygens (including phenoxy) is 2. The van der Waals surface area contributed by atoms with Crippen LogP contribution in [-0.4, -0.2) is 54.4 Å². The third-order valence-corrected chi connectivity index (χ3v) is 4.90. The molecule has 7 nitrogen and oxygen atoms in total. The standard InChI is InChI=1S/C21H25N3O3.C2H7N.ClH/c1-3-26-18-12-15(8-9-17(18)25)19-21(22-13-16-7-5-11-27-16)24-10-4-6-14(2)20(24)23-19;1-3-2;/h4,6,8-10,12,16,22,25H,3,5,7,11,13H2,1-2H3;3H,1-2H3;1H/p-1. The third-order valence-electron chi connectivity index (χ3n) is 4.90. The van der Waals surface area contributed by atoms with E-state index in [9.17, 15) is 5.11 Å². The van der Waals surface area contributed by atoms with Crippen LogP contribution < -0.4 is 27.8 Å². The van der Waals surface area contributed by atoms with Gasteiger partial charge in [0.2, 0.25) is 0 Å². The first-order valence-electron chi connectivity index (χ1n) is 10.5. The monoisotopic (exact) mass is 447 g/mol. The number of aromatic hydroxyl groups is 1. The number of phenolic OH excluding ortho intramolecular Hbond substituents is 1. The molecule has 3 heterocycles. The summed E-state index contributed by atoms with van der Waals surface area (Å²) in [5, 5.41) is 16.3. The Morgan fingerprint density at radius 3 is 2.74 bits per heavy atom. The average molecular weight is 448 g/mol. The number of hydrogen-bond donors (Lipinski definition) is 3. The minimum atomic E-state index is 0. The van der Waals surface area contributed by atoms with E-state index in [4.69, 9.17) is 14.5 Å². The van der Waals surface area contributed by atoms with E-state index in [1.807, 2.05) is 45.4 Å². The van der Waals surface area contributed by atoms with Crippen molar-refractivity contribution >= 4 is 11.5 Å². The molecule has 0 aliphatic carbocycles. The molecule has 3 N–H and O–H groups in total. The van der Waals surface area contributed by atoms with Crippen molar-refractivity contribution in [3.05, 3.63) is 42.1 Å². The molecule has 31 heavy (non-hydrogen) atoms. The summed E-state index contributed by atoms with van der Waals surface area (Å²) in [6.45, 7) is 6.02. The van der Waals surface area contributed by atoms with E-state index >= 15 is 0 Å². The van der Waals surface area contributed by atoms with Crippen molar-refractivity contribution in [2.24, 2.45) is 0 Å². The van der Waals surface area contributed by atoms with Crippen molar-refractivity contribution in [1.82, 2.24) is 14.7 Å². The summed E-state index contributed by atoms with van der Waals surface area (Å²) >= 11 is 0. The molecule has 1 aliphatic rings. The number of hydrogen-bond acceptors (Lipinski definition) is 6. The molecule has 1 saturated heterocycles. The summed E-state index contributed by atoms with van der Waals surface area (Å²) in [5.74, 6) is 1.53. The van der Waals surface area contributed by atoms with Crippen molar-refractivity contribution in [3.8, 4) is 22.8 Å². The molecule has 0 bridgehead atoms. The Hall–Kier alpha value is -2.48. The van der Waals surface area contributed by atoms with Crippen LogP contribution in [0.25, 0.3) is 16.9 Å². The molecule has 1 unspecified atom stereocenters. The minimum Gasteiger partial charge on any atom is -1.00 e. The lowest BCUT2D eigenvalue weighted by Crippen LogP contribution is -3.00. The number of phenols is 1. The third kappa shape index (κ3) is 5.81. The maximum atomic E-state index is 10.0. The van der Waals surface area contributed by atoms with E-state index in [2.05, 4.69) is 28.0 Å². The Morgan fingerprint density at radius 1 is 1.29 bits per heavy atom. The lowest BCUT2D eigenvalue weighted by Gasteiger charge is -2.14. The number of benzene rings is 1. The maximum absolute atomic E-state index is 10.0. The Bertz CT molecular complexity index is 971. The zero-order valence-corrected chi connectivity index (χ0v) is 19.4. The van der Waals surface area contributed by atoms with E-state index in [-0.39, 0.29) is 24.3 Å². The number of aromatic nitrogens is 2. The van der Waals surface area contributed by atoms with Gasteiger partial charge in [0.15, 0.2) is 11.5 Å². The normalized spacial score (nSPS) is 15.2. The number of fused-ring (bicyclic) bond motifs is 1. The van der Waals surface area contributed by atoms with Crippen LogP contribution in [0.2, 0.25) is 0 Å². The van der Waals surface area contributed by atoms with Crippen molar-refractivity contribution < 1.29 is 27.0 Å². The Morgan fingerprint density at radius 2 is 2.06 bits per heavy atom. The molecule has 0 spiro atoms. The largest absolute Gasteiger partial charge is 1.00 e. The van der Waals surface area contributed by atoms with Gasteiger partial charge in [-0.25, -0.2) is 4.98 Å². The van der Waals surface area contributed by atoms with E-state index < -0.39 is 0 Å². The molecule has 0 amide bonds. The molecule has 1 fully saturated rings. The first-order chi connectivity index (χ1) is 14.6. The highest BCUT2D eigenvalue weighted by atomic mass is 35.5. The first kappa shape index (κ1) is 24.8. The number of halogens is 1. The molecule has 2 aromatic heterocycles. The van der Waals surface area contributed by atoms with E-state index in [1.54, 1.807) is 6.07 Å². The van der Waals surface area contributed by atoms with Crippen LogP contribution in [0, 0.1) is 6.92 Å².